The average Bonchev–Trinajstić information content (AvgIpc) is 2.34. The second-order valence-electron chi connectivity index (χ2n) is 3.39. The Bertz CT molecular complexity index is 397. The van der Waals surface area contributed by atoms with Gasteiger partial charge in [0.2, 0.25) is 0 Å². The van der Waals surface area contributed by atoms with Crippen LogP contribution in [0.25, 0.3) is 0 Å². The number of hydrogen-bond acceptors (Lipinski definition) is 5. The first kappa shape index (κ1) is 14.2. The molecule has 1 aromatic rings. The van der Waals surface area contributed by atoms with E-state index in [-0.39, 0.29) is 6.54 Å². The second kappa shape index (κ2) is 5.67. The molecule has 5 nitrogen and oxygen atoms in total. The lowest BCUT2D eigenvalue weighted by Crippen LogP contribution is -2.44. The number of hydrogen-bond donors (Lipinski definition) is 1. The number of carbonyl (C=O) groups is 1. The third kappa shape index (κ3) is 3.59. The van der Waals surface area contributed by atoms with Gasteiger partial charge in [0.25, 0.3) is 0 Å². The number of anilines is 1. The number of carbonyl (C=O) groups excluding carboxylic acids is 1. The van der Waals surface area contributed by atoms with Crippen LogP contribution >= 0.6 is 0 Å². The van der Waals surface area contributed by atoms with Gasteiger partial charge in [-0.15, -0.1) is 0 Å². The van der Waals surface area contributed by atoms with Crippen molar-refractivity contribution in [2.24, 2.45) is 5.73 Å². The van der Waals surface area contributed by atoms with Crippen molar-refractivity contribution in [3.8, 4) is 0 Å². The molecule has 0 saturated heterocycles. The molecule has 100 valence electrons. The number of rotatable bonds is 4. The van der Waals surface area contributed by atoms with Crippen LogP contribution in [-0.2, 0) is 9.53 Å². The summed E-state index contributed by atoms with van der Waals surface area (Å²) in [5.74, 6) is -1.93. The van der Waals surface area contributed by atoms with Gasteiger partial charge in [-0.25, -0.2) is 9.78 Å². The highest BCUT2D eigenvalue weighted by Gasteiger charge is 2.42. The van der Waals surface area contributed by atoms with Crippen molar-refractivity contribution in [3.63, 3.8) is 0 Å². The van der Waals surface area contributed by atoms with Crippen molar-refractivity contribution >= 4 is 11.8 Å². The molecule has 1 aromatic heterocycles. The fraction of sp³-hybridized carbons (Fsp3) is 0.400. The van der Waals surface area contributed by atoms with Crippen LogP contribution in [0.5, 0.6) is 0 Å². The Balaban J connectivity index is 2.76. The molecule has 1 atom stereocenters. The number of nitrogens with zero attached hydrogens (tertiary/aromatic N) is 2. The molecule has 0 radical (unpaired) electrons. The van der Waals surface area contributed by atoms with Crippen LogP contribution in [-0.4, -0.2) is 36.9 Å². The van der Waals surface area contributed by atoms with Crippen LogP contribution in [0.2, 0.25) is 0 Å². The largest absolute Gasteiger partial charge is 0.491 e. The Kier molecular flexibility index (Phi) is 4.49. The molecule has 2 N–H and O–H groups in total. The number of nitrogens with two attached hydrogens (primary N) is 1. The molecule has 0 spiro atoms. The zero-order valence-corrected chi connectivity index (χ0v) is 9.52. The van der Waals surface area contributed by atoms with E-state index in [2.05, 4.69) is 9.72 Å². The van der Waals surface area contributed by atoms with E-state index in [1.165, 1.54) is 18.1 Å². The predicted octanol–water partition coefficient (Wildman–Crippen LogP) is 0.908. The van der Waals surface area contributed by atoms with Crippen LogP contribution in [0.1, 0.15) is 0 Å². The quantitative estimate of drug-likeness (QED) is 0.646. The van der Waals surface area contributed by atoms with Gasteiger partial charge in [0.15, 0.2) is 6.23 Å². The van der Waals surface area contributed by atoms with E-state index in [0.29, 0.717) is 5.82 Å². The van der Waals surface area contributed by atoms with Gasteiger partial charge < -0.3 is 15.4 Å². The SMILES string of the molecule is CN(c1ccccn1)C(CN)OC(=O)C(F)(F)F. The van der Waals surface area contributed by atoms with Gasteiger partial charge in [-0.1, -0.05) is 6.07 Å². The highest BCUT2D eigenvalue weighted by Crippen LogP contribution is 2.19. The van der Waals surface area contributed by atoms with E-state index in [0.717, 1.165) is 0 Å². The van der Waals surface area contributed by atoms with Gasteiger partial charge in [0, 0.05) is 19.8 Å². The van der Waals surface area contributed by atoms with E-state index < -0.39 is 18.4 Å². The summed E-state index contributed by atoms with van der Waals surface area (Å²) in [5, 5.41) is 0. The molecule has 0 amide bonds. The van der Waals surface area contributed by atoms with Gasteiger partial charge in [-0.2, -0.15) is 13.2 Å². The standard InChI is InChI=1S/C10H12F3N3O2/c1-16(7-4-2-3-5-15-7)8(6-14)18-9(17)10(11,12)13/h2-5,8H,6,14H2,1H3. The Labute approximate surface area is 101 Å². The first-order valence-corrected chi connectivity index (χ1v) is 4.98. The van der Waals surface area contributed by atoms with Gasteiger partial charge in [0.05, 0.1) is 0 Å². The predicted molar refractivity (Wildman–Crippen MR) is 57.6 cm³/mol. The van der Waals surface area contributed by atoms with Crippen LogP contribution in [0.3, 0.4) is 0 Å². The molecule has 0 fully saturated rings. The first-order chi connectivity index (χ1) is 8.36. The molecule has 0 aromatic carbocycles. The molecule has 8 heteroatoms. The Morgan fingerprint density at radius 2 is 2.22 bits per heavy atom. The minimum atomic E-state index is -5.04. The minimum Gasteiger partial charge on any atom is -0.433 e. The fourth-order valence-corrected chi connectivity index (χ4v) is 1.19. The van der Waals surface area contributed by atoms with E-state index in [1.807, 2.05) is 0 Å². The number of pyridine rings is 1. The second-order valence-corrected chi connectivity index (χ2v) is 3.39. The maximum Gasteiger partial charge on any atom is 0.491 e. The molecule has 1 heterocycles. The van der Waals surface area contributed by atoms with Crippen LogP contribution in [0, 0.1) is 0 Å². The summed E-state index contributed by atoms with van der Waals surface area (Å²) in [6, 6.07) is 4.86. The normalized spacial score (nSPS) is 12.9. The summed E-state index contributed by atoms with van der Waals surface area (Å²) in [4.78, 5) is 15.9. The maximum absolute atomic E-state index is 12.1. The van der Waals surface area contributed by atoms with Crippen LogP contribution in [0.4, 0.5) is 19.0 Å². The monoisotopic (exact) mass is 263 g/mol. The lowest BCUT2D eigenvalue weighted by Gasteiger charge is -2.27. The number of likely N-dealkylation sites (N-methyl/N-ethyl adjacent to an activating group) is 1. The maximum atomic E-state index is 12.1. The summed E-state index contributed by atoms with van der Waals surface area (Å²) in [5.41, 5.74) is 5.29. The molecule has 18 heavy (non-hydrogen) atoms. The zero-order chi connectivity index (χ0) is 13.8. The third-order valence-corrected chi connectivity index (χ3v) is 2.12. The Hall–Kier alpha value is -1.83. The van der Waals surface area contributed by atoms with Crippen molar-refractivity contribution in [1.29, 1.82) is 0 Å². The highest BCUT2D eigenvalue weighted by atomic mass is 19.4. The molecule has 0 aliphatic carbocycles. The summed E-state index contributed by atoms with van der Waals surface area (Å²) >= 11 is 0. The smallest absolute Gasteiger partial charge is 0.433 e. The van der Waals surface area contributed by atoms with E-state index in [1.54, 1.807) is 18.2 Å². The van der Waals surface area contributed by atoms with Gasteiger partial charge in [-0.05, 0) is 12.1 Å². The van der Waals surface area contributed by atoms with Gasteiger partial charge in [0.1, 0.15) is 5.82 Å². The van der Waals surface area contributed by atoms with Crippen LogP contribution in [0.15, 0.2) is 24.4 Å². The lowest BCUT2D eigenvalue weighted by atomic mass is 10.4. The minimum absolute atomic E-state index is 0.283. The van der Waals surface area contributed by atoms with Crippen molar-refractivity contribution in [1.82, 2.24) is 4.98 Å². The summed E-state index contributed by atoms with van der Waals surface area (Å²) in [7, 11) is 1.43. The molecule has 0 bridgehead atoms. The van der Waals surface area contributed by atoms with Crippen molar-refractivity contribution in [2.45, 2.75) is 12.4 Å². The summed E-state index contributed by atoms with van der Waals surface area (Å²) in [6.45, 7) is -0.283. The molecule has 0 aliphatic heterocycles. The number of alkyl halides is 3. The molecular weight excluding hydrogens is 251 g/mol. The Morgan fingerprint density at radius 3 is 2.67 bits per heavy atom. The number of esters is 1. The number of aromatic nitrogens is 1. The average molecular weight is 263 g/mol. The third-order valence-electron chi connectivity index (χ3n) is 2.12. The van der Waals surface area contributed by atoms with Crippen LogP contribution < -0.4 is 10.6 Å². The van der Waals surface area contributed by atoms with Crippen molar-refractivity contribution in [2.75, 3.05) is 18.5 Å². The fourth-order valence-electron chi connectivity index (χ4n) is 1.19. The molecule has 0 saturated carbocycles. The van der Waals surface area contributed by atoms with E-state index in [9.17, 15) is 18.0 Å². The van der Waals surface area contributed by atoms with E-state index in [4.69, 9.17) is 5.73 Å². The topological polar surface area (TPSA) is 68.5 Å². The highest BCUT2D eigenvalue weighted by molar-refractivity contribution is 5.76. The van der Waals surface area contributed by atoms with Crippen molar-refractivity contribution in [3.05, 3.63) is 24.4 Å². The number of halogens is 3. The molecule has 1 unspecified atom stereocenters. The van der Waals surface area contributed by atoms with Crippen molar-refractivity contribution < 1.29 is 22.7 Å². The molecule has 1 rings (SSSR count). The summed E-state index contributed by atoms with van der Waals surface area (Å²) < 4.78 is 40.5. The number of ether oxygens (including phenoxy) is 1. The summed E-state index contributed by atoms with van der Waals surface area (Å²) in [6.07, 6.45) is -4.81. The molecular formula is C10H12F3N3O2. The first-order valence-electron chi connectivity index (χ1n) is 4.98. The van der Waals surface area contributed by atoms with Gasteiger partial charge in [-0.3, -0.25) is 0 Å². The van der Waals surface area contributed by atoms with Gasteiger partial charge >= 0.3 is 12.1 Å². The Morgan fingerprint density at radius 1 is 1.56 bits per heavy atom. The zero-order valence-electron chi connectivity index (χ0n) is 9.52. The van der Waals surface area contributed by atoms with E-state index >= 15 is 0 Å². The molecule has 0 aliphatic rings. The lowest BCUT2D eigenvalue weighted by molar-refractivity contribution is -0.204.